The van der Waals surface area contributed by atoms with Gasteiger partial charge in [-0.2, -0.15) is 0 Å². The van der Waals surface area contributed by atoms with Gasteiger partial charge in [-0.15, -0.1) is 0 Å². The maximum Gasteiger partial charge on any atom is 0.164 e. The quantitative estimate of drug-likeness (QED) is 0.119. The van der Waals surface area contributed by atoms with E-state index in [1.165, 1.54) is 27.1 Å². The van der Waals surface area contributed by atoms with Crippen LogP contribution in [0.4, 0.5) is 0 Å². The third-order valence-electron chi connectivity index (χ3n) is 21.3. The Kier molecular flexibility index (Phi) is 16.0. The number of aromatic nitrogens is 8. The van der Waals surface area contributed by atoms with Gasteiger partial charge in [-0.3, -0.25) is 0 Å². The lowest BCUT2D eigenvalue weighted by atomic mass is 9.98. The van der Waals surface area contributed by atoms with Gasteiger partial charge in [0.05, 0.1) is 22.1 Å². The Morgan fingerprint density at radius 3 is 0.902 bits per heavy atom. The summed E-state index contributed by atoms with van der Waals surface area (Å²) in [4.78, 5) is 30.4. The summed E-state index contributed by atoms with van der Waals surface area (Å²) in [6.45, 7) is 0. The van der Waals surface area contributed by atoms with Crippen LogP contribution >= 0.6 is 0 Å². The van der Waals surface area contributed by atoms with Gasteiger partial charge in [0.15, 0.2) is 34.9 Å². The molecule has 0 amide bonds. The molecule has 0 aliphatic heterocycles. The lowest BCUT2D eigenvalue weighted by molar-refractivity contribution is 0.668. The number of benzene rings is 16. The molecule has 0 atom stereocenters. The van der Waals surface area contributed by atoms with Crippen LogP contribution in [0, 0.1) is 0 Å². The second kappa shape index (κ2) is 27.5. The normalized spacial score (nSPS) is 11.6. The van der Waals surface area contributed by atoms with Crippen molar-refractivity contribution < 1.29 is 8.83 Å². The molecule has 6 heterocycles. The molecule has 0 saturated carbocycles. The third kappa shape index (κ3) is 11.7. The monoisotopic (exact) mass is 1430 g/mol. The van der Waals surface area contributed by atoms with Gasteiger partial charge in [-0.1, -0.05) is 297 Å². The van der Waals surface area contributed by atoms with Crippen molar-refractivity contribution in [3.05, 3.63) is 388 Å². The molecular formula is C102H64N8O2. The van der Waals surface area contributed by atoms with Crippen LogP contribution in [0.25, 0.3) is 212 Å². The molecule has 112 heavy (non-hydrogen) atoms. The van der Waals surface area contributed by atoms with E-state index in [-0.39, 0.29) is 0 Å². The molecule has 0 unspecified atom stereocenters. The highest BCUT2D eigenvalue weighted by Crippen LogP contribution is 2.44. The van der Waals surface area contributed by atoms with Gasteiger partial charge in [0.25, 0.3) is 0 Å². The van der Waals surface area contributed by atoms with E-state index in [2.05, 4.69) is 300 Å². The van der Waals surface area contributed by atoms with Crippen molar-refractivity contribution in [2.24, 2.45) is 0 Å². The second-order valence-electron chi connectivity index (χ2n) is 28.1. The van der Waals surface area contributed by atoms with Crippen molar-refractivity contribution in [1.29, 1.82) is 0 Å². The first-order valence-electron chi connectivity index (χ1n) is 37.5. The fraction of sp³-hybridized carbons (Fsp3) is 0. The van der Waals surface area contributed by atoms with E-state index in [4.69, 9.17) is 38.7 Å². The fourth-order valence-corrected chi connectivity index (χ4v) is 16.0. The van der Waals surface area contributed by atoms with Crippen molar-refractivity contribution >= 4 is 87.5 Å². The third-order valence-corrected chi connectivity index (χ3v) is 21.3. The number of nitrogens with zero attached hydrogens (tertiary/aromatic N) is 8. The average Bonchev–Trinajstić information content (AvgIpc) is 1.61. The van der Waals surface area contributed by atoms with Crippen LogP contribution in [-0.4, -0.2) is 39.0 Å². The van der Waals surface area contributed by atoms with Crippen LogP contribution in [0.1, 0.15) is 0 Å². The number of para-hydroxylation sites is 4. The van der Waals surface area contributed by atoms with E-state index in [1.807, 2.05) is 97.1 Å². The zero-order chi connectivity index (χ0) is 74.0. The minimum atomic E-state index is 0.615. The van der Waals surface area contributed by atoms with Crippen molar-refractivity contribution in [2.75, 3.05) is 0 Å². The molecule has 22 rings (SSSR count). The Morgan fingerprint density at radius 1 is 0.170 bits per heavy atom. The summed E-state index contributed by atoms with van der Waals surface area (Å²) in [7, 11) is 0. The van der Waals surface area contributed by atoms with Crippen molar-refractivity contribution in [1.82, 2.24) is 39.0 Å². The molecule has 10 heteroatoms. The Morgan fingerprint density at radius 2 is 0.455 bits per heavy atom. The van der Waals surface area contributed by atoms with E-state index >= 15 is 0 Å². The van der Waals surface area contributed by atoms with Gasteiger partial charge in [-0.25, -0.2) is 29.9 Å². The molecule has 0 radical (unpaired) electrons. The predicted molar refractivity (Wildman–Crippen MR) is 457 cm³/mol. The molecule has 0 fully saturated rings. The Hall–Kier alpha value is -15.3. The molecule has 6 aromatic heterocycles. The van der Waals surface area contributed by atoms with E-state index in [0.717, 1.165) is 150 Å². The first-order chi connectivity index (χ1) is 55.5. The number of hydrogen-bond acceptors (Lipinski definition) is 8. The lowest BCUT2D eigenvalue weighted by Gasteiger charge is -2.12. The molecule has 0 N–H and O–H groups in total. The SMILES string of the molecule is c1ccc(-c2ccc(-c3nc(-c4ccccc4)nc(-c4cccc(-n5c6ccccc6c6cc(-c7cccc8oc9ccccc9c78)ccc65)c4)n3)cc2)cc1.c1ccc(-c2cccc(-c3nc(-c4ccccc4)nc(-c4cccc(-n5c6ccccc6c6cc(-c7cccc8oc9ccccc9c78)ccc65)c4)n3)c2)cc1. The van der Waals surface area contributed by atoms with Gasteiger partial charge in [-0.05, 0) is 136 Å². The summed E-state index contributed by atoms with van der Waals surface area (Å²) in [6, 6.07) is 135. The standard InChI is InChI=1S/2C51H32N4O/c1-3-14-33(15-4-1)35-18-11-19-37(30-35)50-52-49(34-16-5-2-6-17-34)53-51(54-50)38-20-12-21-39(31-38)55-44-25-9-7-22-41(44)43-32-36(28-29-45(43)55)40-24-13-27-47-48(40)42-23-8-10-26-46(42)56-47;1-3-13-33(14-4-1)34-25-27-36(28-26-34)50-52-49(35-15-5-2-6-16-35)53-51(54-50)38-17-11-18-39(31-38)55-44-22-9-7-19-41(44)43-32-37(29-30-45(43)55)40-21-12-24-47-48(40)42-20-8-10-23-46(42)56-47/h2*1-32H. The van der Waals surface area contributed by atoms with Crippen LogP contribution in [-0.2, 0) is 0 Å². The lowest BCUT2D eigenvalue weighted by Crippen LogP contribution is -2.01. The van der Waals surface area contributed by atoms with Gasteiger partial charge in [0.2, 0.25) is 0 Å². The van der Waals surface area contributed by atoms with Crippen molar-refractivity contribution in [2.45, 2.75) is 0 Å². The molecule has 22 aromatic rings. The summed E-state index contributed by atoms with van der Waals surface area (Å²) in [5.74, 6) is 3.75. The Labute approximate surface area is 643 Å². The largest absolute Gasteiger partial charge is 0.456 e. The summed E-state index contributed by atoms with van der Waals surface area (Å²) < 4.78 is 17.2. The van der Waals surface area contributed by atoms with Gasteiger partial charge < -0.3 is 18.0 Å². The predicted octanol–water partition coefficient (Wildman–Crippen LogP) is 26.4. The smallest absolute Gasteiger partial charge is 0.164 e. The fourth-order valence-electron chi connectivity index (χ4n) is 16.0. The second-order valence-corrected chi connectivity index (χ2v) is 28.1. The molecule has 0 spiro atoms. The van der Waals surface area contributed by atoms with E-state index in [1.54, 1.807) is 0 Å². The number of fused-ring (bicyclic) bond motifs is 12. The molecule has 524 valence electrons. The van der Waals surface area contributed by atoms with Crippen LogP contribution in [0.15, 0.2) is 397 Å². The Bertz CT molecular complexity index is 7370. The first-order valence-corrected chi connectivity index (χ1v) is 37.5. The van der Waals surface area contributed by atoms with Gasteiger partial charge in [0, 0.05) is 87.8 Å². The van der Waals surface area contributed by atoms with Crippen LogP contribution < -0.4 is 0 Å². The minimum absolute atomic E-state index is 0.615. The van der Waals surface area contributed by atoms with Crippen molar-refractivity contribution in [3.63, 3.8) is 0 Å². The van der Waals surface area contributed by atoms with Crippen LogP contribution in [0.3, 0.4) is 0 Å². The highest BCUT2D eigenvalue weighted by Gasteiger charge is 2.22. The van der Waals surface area contributed by atoms with Crippen LogP contribution in [0.2, 0.25) is 0 Å². The summed E-state index contributed by atoms with van der Waals surface area (Å²) in [5.41, 5.74) is 24.8. The van der Waals surface area contributed by atoms with Gasteiger partial charge >= 0.3 is 0 Å². The molecule has 0 aliphatic rings. The average molecular weight is 1430 g/mol. The highest BCUT2D eigenvalue weighted by molar-refractivity contribution is 6.17. The Balaban J connectivity index is 0.000000141. The maximum absolute atomic E-state index is 6.25. The molecule has 10 nitrogen and oxygen atoms in total. The number of hydrogen-bond donors (Lipinski definition) is 0. The first kappa shape index (κ1) is 65.1. The summed E-state index contributed by atoms with van der Waals surface area (Å²) in [6.07, 6.45) is 0. The molecule has 0 aliphatic carbocycles. The van der Waals surface area contributed by atoms with E-state index in [9.17, 15) is 0 Å². The molecule has 16 aromatic carbocycles. The summed E-state index contributed by atoms with van der Waals surface area (Å²) >= 11 is 0. The number of rotatable bonds is 12. The number of furan rings is 2. The van der Waals surface area contributed by atoms with Gasteiger partial charge in [0.1, 0.15) is 22.3 Å². The zero-order valence-electron chi connectivity index (χ0n) is 60.3. The highest BCUT2D eigenvalue weighted by atomic mass is 16.3. The zero-order valence-corrected chi connectivity index (χ0v) is 60.3. The topological polar surface area (TPSA) is 113 Å². The molecule has 0 saturated heterocycles. The van der Waals surface area contributed by atoms with E-state index in [0.29, 0.717) is 34.9 Å². The minimum Gasteiger partial charge on any atom is -0.456 e. The van der Waals surface area contributed by atoms with Crippen LogP contribution in [0.5, 0.6) is 0 Å². The van der Waals surface area contributed by atoms with E-state index < -0.39 is 0 Å². The van der Waals surface area contributed by atoms with Crippen molar-refractivity contribution in [3.8, 4) is 124 Å². The summed E-state index contributed by atoms with van der Waals surface area (Å²) in [5, 5.41) is 9.26. The molecular weight excluding hydrogens is 1370 g/mol. The maximum atomic E-state index is 6.25. The molecule has 0 bridgehead atoms.